The SMILES string of the molecule is Cc1ccc(-n2nc3cc(C)c(NC(=S)NC(=O)c4ccc(-c5ccc(C)c(C)c5)o4)cc3n2)cc1. The fourth-order valence-corrected chi connectivity index (χ4v) is 4.03. The molecule has 0 spiro atoms. The molecule has 0 saturated carbocycles. The van der Waals surface area contributed by atoms with Gasteiger partial charge in [0, 0.05) is 11.3 Å². The normalized spacial score (nSPS) is 11.0. The molecule has 0 aliphatic rings. The van der Waals surface area contributed by atoms with Crippen molar-refractivity contribution in [3.05, 3.63) is 94.7 Å². The van der Waals surface area contributed by atoms with Crippen LogP contribution in [0.2, 0.25) is 0 Å². The Bertz CT molecular complexity index is 1620. The summed E-state index contributed by atoms with van der Waals surface area (Å²) in [5.74, 6) is 0.382. The minimum atomic E-state index is -0.424. The molecule has 2 N–H and O–H groups in total. The molecule has 8 heteroatoms. The molecule has 7 nitrogen and oxygen atoms in total. The number of rotatable bonds is 4. The number of hydrogen-bond acceptors (Lipinski definition) is 5. The summed E-state index contributed by atoms with van der Waals surface area (Å²) in [6, 6.07) is 21.3. The van der Waals surface area contributed by atoms with E-state index in [4.69, 9.17) is 16.6 Å². The van der Waals surface area contributed by atoms with E-state index >= 15 is 0 Å². The van der Waals surface area contributed by atoms with Crippen LogP contribution in [0.5, 0.6) is 0 Å². The van der Waals surface area contributed by atoms with Crippen LogP contribution in [0.3, 0.4) is 0 Å². The van der Waals surface area contributed by atoms with E-state index in [1.54, 1.807) is 16.9 Å². The zero-order valence-corrected chi connectivity index (χ0v) is 21.2. The Balaban J connectivity index is 1.29. The molecule has 0 radical (unpaired) electrons. The van der Waals surface area contributed by atoms with Crippen molar-refractivity contribution in [1.29, 1.82) is 0 Å². The van der Waals surface area contributed by atoms with E-state index < -0.39 is 5.91 Å². The van der Waals surface area contributed by atoms with Crippen LogP contribution in [0, 0.1) is 27.7 Å². The lowest BCUT2D eigenvalue weighted by Gasteiger charge is -2.11. The molecular formula is C28H25N5O2S. The van der Waals surface area contributed by atoms with Gasteiger partial charge in [0.15, 0.2) is 10.9 Å². The number of carbonyl (C=O) groups excluding carboxylic acids is 1. The molecule has 3 aromatic carbocycles. The number of aryl methyl sites for hydroxylation is 4. The predicted octanol–water partition coefficient (Wildman–Crippen LogP) is 6.04. The van der Waals surface area contributed by atoms with Gasteiger partial charge in [-0.15, -0.1) is 10.2 Å². The van der Waals surface area contributed by atoms with Gasteiger partial charge in [-0.2, -0.15) is 4.80 Å². The maximum Gasteiger partial charge on any atom is 0.293 e. The molecule has 0 atom stereocenters. The molecule has 36 heavy (non-hydrogen) atoms. The van der Waals surface area contributed by atoms with Gasteiger partial charge in [0.1, 0.15) is 16.8 Å². The standard InChI is InChI=1S/C28H25N5O2S/c1-16-5-9-21(10-6-16)33-31-23-14-19(4)22(15-24(23)32-33)29-28(36)30-27(34)26-12-11-25(35-26)20-8-7-17(2)18(3)13-20/h5-15H,1-4H3,(H2,29,30,34,36). The first-order valence-corrected chi connectivity index (χ1v) is 11.9. The van der Waals surface area contributed by atoms with Gasteiger partial charge >= 0.3 is 0 Å². The first-order valence-electron chi connectivity index (χ1n) is 11.5. The van der Waals surface area contributed by atoms with Crippen LogP contribution < -0.4 is 10.6 Å². The van der Waals surface area contributed by atoms with Crippen molar-refractivity contribution in [1.82, 2.24) is 20.3 Å². The Hall–Kier alpha value is -4.30. The quantitative estimate of drug-likeness (QED) is 0.296. The Morgan fingerprint density at radius 2 is 1.56 bits per heavy atom. The summed E-state index contributed by atoms with van der Waals surface area (Å²) < 4.78 is 5.79. The molecule has 5 rings (SSSR count). The molecule has 180 valence electrons. The van der Waals surface area contributed by atoms with Crippen molar-refractivity contribution in [2.45, 2.75) is 27.7 Å². The zero-order valence-electron chi connectivity index (χ0n) is 20.4. The third kappa shape index (κ3) is 4.76. The number of aromatic nitrogens is 3. The van der Waals surface area contributed by atoms with Crippen LogP contribution >= 0.6 is 12.2 Å². The molecule has 0 bridgehead atoms. The number of furan rings is 1. The van der Waals surface area contributed by atoms with E-state index in [-0.39, 0.29) is 10.9 Å². The van der Waals surface area contributed by atoms with Gasteiger partial charge in [0.2, 0.25) is 0 Å². The summed E-state index contributed by atoms with van der Waals surface area (Å²) in [7, 11) is 0. The van der Waals surface area contributed by atoms with Gasteiger partial charge in [-0.05, 0) is 99.1 Å². The van der Waals surface area contributed by atoms with Crippen molar-refractivity contribution in [3.63, 3.8) is 0 Å². The smallest absolute Gasteiger partial charge is 0.293 e. The molecule has 0 saturated heterocycles. The highest BCUT2D eigenvalue weighted by Crippen LogP contribution is 2.25. The fraction of sp³-hybridized carbons (Fsp3) is 0.143. The Morgan fingerprint density at radius 3 is 2.28 bits per heavy atom. The van der Waals surface area contributed by atoms with Crippen LogP contribution in [-0.2, 0) is 0 Å². The number of benzene rings is 3. The third-order valence-electron chi connectivity index (χ3n) is 6.09. The Kier molecular flexibility index (Phi) is 6.12. The van der Waals surface area contributed by atoms with E-state index in [0.717, 1.165) is 33.6 Å². The lowest BCUT2D eigenvalue weighted by Crippen LogP contribution is -2.34. The van der Waals surface area contributed by atoms with Gasteiger partial charge in [-0.3, -0.25) is 10.1 Å². The van der Waals surface area contributed by atoms with E-state index in [0.29, 0.717) is 11.3 Å². The van der Waals surface area contributed by atoms with E-state index in [1.807, 2.05) is 75.4 Å². The maximum absolute atomic E-state index is 12.7. The third-order valence-corrected chi connectivity index (χ3v) is 6.29. The summed E-state index contributed by atoms with van der Waals surface area (Å²) in [6.45, 7) is 8.08. The summed E-state index contributed by atoms with van der Waals surface area (Å²) in [6.07, 6.45) is 0. The molecule has 2 aromatic heterocycles. The number of nitrogens with zero attached hydrogens (tertiary/aromatic N) is 3. The van der Waals surface area contributed by atoms with E-state index in [9.17, 15) is 4.79 Å². The number of thiocarbonyl (C=S) groups is 1. The number of nitrogens with one attached hydrogen (secondary N) is 2. The highest BCUT2D eigenvalue weighted by molar-refractivity contribution is 7.80. The molecule has 5 aromatic rings. The minimum absolute atomic E-state index is 0.164. The number of carbonyl (C=O) groups is 1. The van der Waals surface area contributed by atoms with Crippen LogP contribution in [-0.4, -0.2) is 26.0 Å². The second kappa shape index (κ2) is 9.39. The average molecular weight is 496 g/mol. The van der Waals surface area contributed by atoms with Gasteiger partial charge < -0.3 is 9.73 Å². The van der Waals surface area contributed by atoms with Crippen LogP contribution in [0.25, 0.3) is 28.0 Å². The Labute approximate surface area is 214 Å². The molecule has 0 aliphatic heterocycles. The van der Waals surface area contributed by atoms with Crippen molar-refractivity contribution in [3.8, 4) is 17.0 Å². The first-order chi connectivity index (χ1) is 17.3. The lowest BCUT2D eigenvalue weighted by molar-refractivity contribution is 0.0951. The van der Waals surface area contributed by atoms with Crippen molar-refractivity contribution in [2.75, 3.05) is 5.32 Å². The van der Waals surface area contributed by atoms with Crippen molar-refractivity contribution >= 4 is 40.0 Å². The fourth-order valence-electron chi connectivity index (χ4n) is 3.82. The molecule has 0 fully saturated rings. The second-order valence-corrected chi connectivity index (χ2v) is 9.26. The zero-order chi connectivity index (χ0) is 25.4. The monoisotopic (exact) mass is 495 g/mol. The number of anilines is 1. The maximum atomic E-state index is 12.7. The van der Waals surface area contributed by atoms with Gasteiger partial charge in [0.05, 0.1) is 5.69 Å². The van der Waals surface area contributed by atoms with Crippen LogP contribution in [0.15, 0.2) is 71.1 Å². The van der Waals surface area contributed by atoms with Gasteiger partial charge in [0.25, 0.3) is 5.91 Å². The molecule has 1 amide bonds. The molecule has 2 heterocycles. The summed E-state index contributed by atoms with van der Waals surface area (Å²) in [5, 5.41) is 15.1. The Morgan fingerprint density at radius 1 is 0.833 bits per heavy atom. The first kappa shape index (κ1) is 23.4. The number of fused-ring (bicyclic) bond motifs is 1. The number of amides is 1. The largest absolute Gasteiger partial charge is 0.451 e. The summed E-state index contributed by atoms with van der Waals surface area (Å²) in [4.78, 5) is 14.3. The topological polar surface area (TPSA) is 85.0 Å². The number of hydrogen-bond donors (Lipinski definition) is 2. The van der Waals surface area contributed by atoms with Gasteiger partial charge in [-0.25, -0.2) is 0 Å². The van der Waals surface area contributed by atoms with Crippen molar-refractivity contribution in [2.24, 2.45) is 0 Å². The predicted molar refractivity (Wildman–Crippen MR) is 146 cm³/mol. The molecule has 0 unspecified atom stereocenters. The highest BCUT2D eigenvalue weighted by atomic mass is 32.1. The van der Waals surface area contributed by atoms with Crippen LogP contribution in [0.4, 0.5) is 5.69 Å². The van der Waals surface area contributed by atoms with Crippen LogP contribution in [0.1, 0.15) is 32.8 Å². The summed E-state index contributed by atoms with van der Waals surface area (Å²) >= 11 is 5.39. The molecular weight excluding hydrogens is 470 g/mol. The van der Waals surface area contributed by atoms with Crippen molar-refractivity contribution < 1.29 is 9.21 Å². The summed E-state index contributed by atoms with van der Waals surface area (Å²) in [5.41, 5.74) is 8.46. The van der Waals surface area contributed by atoms with Gasteiger partial charge in [-0.1, -0.05) is 29.8 Å². The average Bonchev–Trinajstić information content (AvgIpc) is 3.49. The molecule has 0 aliphatic carbocycles. The lowest BCUT2D eigenvalue weighted by atomic mass is 10.1. The second-order valence-electron chi connectivity index (χ2n) is 8.85. The minimum Gasteiger partial charge on any atom is -0.451 e. The van der Waals surface area contributed by atoms with E-state index in [1.165, 1.54) is 11.1 Å². The van der Waals surface area contributed by atoms with E-state index in [2.05, 4.69) is 27.8 Å². The highest BCUT2D eigenvalue weighted by Gasteiger charge is 2.15.